The van der Waals surface area contributed by atoms with Crippen molar-refractivity contribution in [3.05, 3.63) is 35.9 Å². The molecule has 0 aromatic heterocycles. The number of ether oxygens (including phenoxy) is 1. The van der Waals surface area contributed by atoms with Crippen LogP contribution >= 0.6 is 0 Å². The van der Waals surface area contributed by atoms with Gasteiger partial charge in [0.15, 0.2) is 0 Å². The van der Waals surface area contributed by atoms with Gasteiger partial charge in [-0.05, 0) is 139 Å². The van der Waals surface area contributed by atoms with Gasteiger partial charge in [-0.3, -0.25) is 4.79 Å². The summed E-state index contributed by atoms with van der Waals surface area (Å²) in [5.41, 5.74) is -0.154. The van der Waals surface area contributed by atoms with Crippen molar-refractivity contribution in [1.82, 2.24) is 0 Å². The van der Waals surface area contributed by atoms with Gasteiger partial charge in [0.25, 0.3) is 0 Å². The number of hydrogen-bond acceptors (Lipinski definition) is 5. The fraction of sp³-hybridized carbons (Fsp3) is 0.744. The Morgan fingerprint density at radius 3 is 2.20 bits per heavy atom. The van der Waals surface area contributed by atoms with E-state index in [4.69, 9.17) is 4.74 Å². The van der Waals surface area contributed by atoms with Crippen LogP contribution in [0.2, 0.25) is 0 Å². The van der Waals surface area contributed by atoms with Crippen LogP contribution in [0.3, 0.4) is 0 Å². The zero-order valence-electron chi connectivity index (χ0n) is 28.4. The van der Waals surface area contributed by atoms with Crippen LogP contribution in [0.1, 0.15) is 118 Å². The summed E-state index contributed by atoms with van der Waals surface area (Å²) in [6.45, 7) is 14.4. The summed E-state index contributed by atoms with van der Waals surface area (Å²) in [5, 5.41) is 32.2. The Hall–Kier alpha value is -2.34. The van der Waals surface area contributed by atoms with E-state index in [2.05, 4.69) is 41.5 Å². The SMILES string of the molecule is CC1(C)CC[C@]2(C)CC[C@]3(C)C4CC[C@@]5(C)C(CC[C@H](O)[C@@H]5COC(=O)/C=C\c5ccc(O)cc5)[C@]4(C)CC[C@@]3(C(=O)O)C2C1. The number of aliphatic hydroxyl groups excluding tert-OH is 1. The summed E-state index contributed by atoms with van der Waals surface area (Å²) >= 11 is 0. The van der Waals surface area contributed by atoms with Crippen molar-refractivity contribution in [1.29, 1.82) is 0 Å². The molecule has 5 aliphatic rings. The largest absolute Gasteiger partial charge is 0.508 e. The number of phenolic OH excluding ortho intramolecular Hbond substituents is 1. The number of rotatable bonds is 5. The molecule has 10 atom stereocenters. The van der Waals surface area contributed by atoms with E-state index >= 15 is 0 Å². The van der Waals surface area contributed by atoms with Crippen LogP contribution in [-0.2, 0) is 14.3 Å². The van der Waals surface area contributed by atoms with Gasteiger partial charge in [-0.25, -0.2) is 4.79 Å². The van der Waals surface area contributed by atoms with E-state index in [1.807, 2.05) is 0 Å². The van der Waals surface area contributed by atoms with Gasteiger partial charge in [-0.15, -0.1) is 0 Å². The number of aliphatic hydroxyl groups is 1. The van der Waals surface area contributed by atoms with Crippen LogP contribution in [0.5, 0.6) is 5.75 Å². The number of hydrogen-bond donors (Lipinski definition) is 3. The Bertz CT molecular complexity index is 1350. The molecule has 248 valence electrons. The van der Waals surface area contributed by atoms with E-state index in [9.17, 15) is 24.9 Å². The van der Waals surface area contributed by atoms with Gasteiger partial charge in [0.05, 0.1) is 18.1 Å². The average molecular weight is 621 g/mol. The predicted molar refractivity (Wildman–Crippen MR) is 175 cm³/mol. The third kappa shape index (κ3) is 4.90. The highest BCUT2D eigenvalue weighted by atomic mass is 16.5. The molecule has 0 aliphatic heterocycles. The molecule has 5 saturated carbocycles. The number of carboxylic acid groups (broad SMARTS) is 1. The quantitative estimate of drug-likeness (QED) is 0.226. The smallest absolute Gasteiger partial charge is 0.330 e. The van der Waals surface area contributed by atoms with Crippen molar-refractivity contribution in [2.75, 3.05) is 6.61 Å². The Balaban J connectivity index is 1.26. The number of aliphatic carboxylic acids is 1. The second-order valence-corrected chi connectivity index (χ2v) is 17.7. The van der Waals surface area contributed by atoms with Crippen LogP contribution in [0, 0.1) is 56.2 Å². The zero-order valence-corrected chi connectivity index (χ0v) is 28.4. The molecule has 6 rings (SSSR count). The average Bonchev–Trinajstić information content (AvgIpc) is 2.96. The molecular formula is C39H56O6. The van der Waals surface area contributed by atoms with Gasteiger partial charge in [0.1, 0.15) is 5.75 Å². The summed E-state index contributed by atoms with van der Waals surface area (Å²) in [5.74, 6) is -0.133. The third-order valence-electron chi connectivity index (χ3n) is 15.1. The Morgan fingerprint density at radius 1 is 0.822 bits per heavy atom. The van der Waals surface area contributed by atoms with Crippen molar-refractivity contribution < 1.29 is 29.6 Å². The second kappa shape index (κ2) is 10.9. The number of benzene rings is 1. The first kappa shape index (κ1) is 32.6. The van der Waals surface area contributed by atoms with Gasteiger partial charge in [-0.2, -0.15) is 0 Å². The molecule has 0 radical (unpaired) electrons. The molecule has 5 fully saturated rings. The van der Waals surface area contributed by atoms with Crippen molar-refractivity contribution in [2.45, 2.75) is 118 Å². The zero-order chi connectivity index (χ0) is 32.6. The minimum absolute atomic E-state index is 0.0280. The lowest BCUT2D eigenvalue weighted by molar-refractivity contribution is -0.269. The van der Waals surface area contributed by atoms with Crippen LogP contribution in [0.25, 0.3) is 6.08 Å². The van der Waals surface area contributed by atoms with Gasteiger partial charge < -0.3 is 20.1 Å². The maximum absolute atomic E-state index is 13.8. The number of carboxylic acids is 1. The van der Waals surface area contributed by atoms with Crippen LogP contribution in [0.4, 0.5) is 0 Å². The molecule has 5 aliphatic carbocycles. The number of aromatic hydroxyl groups is 1. The van der Waals surface area contributed by atoms with E-state index in [0.717, 1.165) is 63.4 Å². The number of fused-ring (bicyclic) bond motifs is 7. The Labute approximate surface area is 270 Å². The molecule has 1 aromatic rings. The molecule has 3 N–H and O–H groups in total. The third-order valence-corrected chi connectivity index (χ3v) is 15.1. The Morgan fingerprint density at radius 2 is 1.51 bits per heavy atom. The minimum Gasteiger partial charge on any atom is -0.508 e. The molecular weight excluding hydrogens is 564 g/mol. The van der Waals surface area contributed by atoms with Crippen LogP contribution in [0.15, 0.2) is 30.3 Å². The molecule has 6 heteroatoms. The number of carbonyl (C=O) groups excluding carboxylic acids is 1. The maximum atomic E-state index is 13.8. The lowest BCUT2D eigenvalue weighted by Gasteiger charge is -2.74. The Kier molecular flexibility index (Phi) is 7.86. The lowest BCUT2D eigenvalue weighted by Crippen LogP contribution is -2.70. The molecule has 45 heavy (non-hydrogen) atoms. The van der Waals surface area contributed by atoms with E-state index < -0.39 is 23.5 Å². The summed E-state index contributed by atoms with van der Waals surface area (Å²) in [4.78, 5) is 26.5. The number of carbonyl (C=O) groups is 2. The fourth-order valence-corrected chi connectivity index (χ4v) is 12.5. The van der Waals surface area contributed by atoms with E-state index in [0.29, 0.717) is 18.3 Å². The number of phenols is 1. The standard InChI is InChI=1S/C39H56O6/c1-34(2)17-18-35(3)19-21-38(6)30-15-16-36(4)27(24-45-32(42)14-9-25-7-10-26(40)11-8-25)28(41)12-13-29(36)37(30,5)20-22-39(38,33(43)44)31(35)23-34/h7-11,14,27-31,40-41H,12-13,15-24H2,1-6H3,(H,43,44)/b14-9-/t27-,28-,29?,30?,31?,35+,36+,37-,38+,39-/m0/s1. The summed E-state index contributed by atoms with van der Waals surface area (Å²) in [7, 11) is 0. The van der Waals surface area contributed by atoms with Gasteiger partial charge >= 0.3 is 11.9 Å². The topological polar surface area (TPSA) is 104 Å². The predicted octanol–water partition coefficient (Wildman–Crippen LogP) is 8.26. The molecule has 6 nitrogen and oxygen atoms in total. The maximum Gasteiger partial charge on any atom is 0.330 e. The first-order valence-corrected chi connectivity index (χ1v) is 17.6. The van der Waals surface area contributed by atoms with E-state index in [-0.39, 0.29) is 51.3 Å². The highest BCUT2D eigenvalue weighted by molar-refractivity contribution is 5.87. The van der Waals surface area contributed by atoms with Crippen molar-refractivity contribution >= 4 is 18.0 Å². The molecule has 0 bridgehead atoms. The number of esters is 1. The summed E-state index contributed by atoms with van der Waals surface area (Å²) in [6.07, 6.45) is 13.1. The van der Waals surface area contributed by atoms with E-state index in [1.165, 1.54) is 12.5 Å². The van der Waals surface area contributed by atoms with Crippen molar-refractivity contribution in [3.63, 3.8) is 0 Å². The second-order valence-electron chi connectivity index (χ2n) is 17.7. The molecule has 0 saturated heterocycles. The van der Waals surface area contributed by atoms with Crippen molar-refractivity contribution in [3.8, 4) is 5.75 Å². The summed E-state index contributed by atoms with van der Waals surface area (Å²) < 4.78 is 5.81. The first-order chi connectivity index (χ1) is 21.0. The molecule has 0 heterocycles. The first-order valence-electron chi connectivity index (χ1n) is 17.6. The van der Waals surface area contributed by atoms with Crippen molar-refractivity contribution in [2.24, 2.45) is 56.2 Å². The molecule has 0 spiro atoms. The van der Waals surface area contributed by atoms with Gasteiger partial charge in [-0.1, -0.05) is 53.7 Å². The van der Waals surface area contributed by atoms with Gasteiger partial charge in [0.2, 0.25) is 0 Å². The lowest BCUT2D eigenvalue weighted by atomic mass is 9.29. The monoisotopic (exact) mass is 620 g/mol. The molecule has 1 aromatic carbocycles. The van der Waals surface area contributed by atoms with Gasteiger partial charge in [0, 0.05) is 12.0 Å². The minimum atomic E-state index is -0.706. The molecule has 0 amide bonds. The summed E-state index contributed by atoms with van der Waals surface area (Å²) in [6, 6.07) is 6.63. The van der Waals surface area contributed by atoms with E-state index in [1.54, 1.807) is 30.3 Å². The molecule has 3 unspecified atom stereocenters. The fourth-order valence-electron chi connectivity index (χ4n) is 12.5. The highest BCUT2D eigenvalue weighted by Gasteiger charge is 2.75. The highest BCUT2D eigenvalue weighted by Crippen LogP contribution is 2.78. The van der Waals surface area contributed by atoms with Crippen LogP contribution in [-0.4, -0.2) is 40.0 Å². The normalized spacial score (nSPS) is 45.4. The van der Waals surface area contributed by atoms with Crippen LogP contribution < -0.4 is 0 Å².